The van der Waals surface area contributed by atoms with Crippen LogP contribution in [0.15, 0.2) is 53.4 Å². The van der Waals surface area contributed by atoms with Gasteiger partial charge in [-0.15, -0.1) is 11.8 Å². The first kappa shape index (κ1) is 14.2. The molecule has 3 rings (SSSR count). The Balaban J connectivity index is 1.48. The van der Waals surface area contributed by atoms with Gasteiger partial charge < -0.3 is 5.32 Å². The van der Waals surface area contributed by atoms with Gasteiger partial charge in [0.1, 0.15) is 0 Å². The maximum Gasteiger partial charge on any atom is 0.230 e. The van der Waals surface area contributed by atoms with Gasteiger partial charge in [-0.05, 0) is 43.0 Å². The number of carbonyl (C=O) groups is 1. The molecule has 1 aliphatic rings. The van der Waals surface area contributed by atoms with Gasteiger partial charge in [0.25, 0.3) is 0 Å². The Hall–Kier alpha value is -1.74. The molecule has 0 saturated heterocycles. The van der Waals surface area contributed by atoms with Crippen molar-refractivity contribution in [2.45, 2.75) is 30.7 Å². The molecular weight excluding hydrogens is 278 g/mol. The Kier molecular flexibility index (Phi) is 4.30. The fraction of sp³-hybridized carbons (Fsp3) is 0.278. The van der Waals surface area contributed by atoms with E-state index in [-0.39, 0.29) is 11.9 Å². The highest BCUT2D eigenvalue weighted by Gasteiger charge is 2.22. The third-order valence-corrected chi connectivity index (χ3v) is 4.82. The smallest absolute Gasteiger partial charge is 0.230 e. The predicted molar refractivity (Wildman–Crippen MR) is 87.7 cm³/mol. The van der Waals surface area contributed by atoms with Crippen molar-refractivity contribution in [3.8, 4) is 0 Å². The lowest BCUT2D eigenvalue weighted by atomic mass is 10.1. The SMILES string of the molecule is Cc1ccc(SCC(=O)NC2Cc3ccccc3C2)cc1. The summed E-state index contributed by atoms with van der Waals surface area (Å²) in [5, 5.41) is 3.15. The molecule has 3 heteroatoms. The average molecular weight is 297 g/mol. The third kappa shape index (κ3) is 3.67. The number of aryl methyl sites for hydroxylation is 1. The van der Waals surface area contributed by atoms with Crippen LogP contribution in [-0.4, -0.2) is 17.7 Å². The van der Waals surface area contributed by atoms with Gasteiger partial charge >= 0.3 is 0 Å². The minimum Gasteiger partial charge on any atom is -0.352 e. The topological polar surface area (TPSA) is 29.1 Å². The summed E-state index contributed by atoms with van der Waals surface area (Å²) in [6, 6.07) is 17.0. The molecule has 0 atom stereocenters. The summed E-state index contributed by atoms with van der Waals surface area (Å²) >= 11 is 1.59. The summed E-state index contributed by atoms with van der Waals surface area (Å²) in [6.45, 7) is 2.07. The molecule has 0 saturated carbocycles. The van der Waals surface area contributed by atoms with Crippen LogP contribution in [0.1, 0.15) is 16.7 Å². The number of fused-ring (bicyclic) bond motifs is 1. The van der Waals surface area contributed by atoms with Crippen molar-refractivity contribution < 1.29 is 4.79 Å². The van der Waals surface area contributed by atoms with Crippen molar-refractivity contribution in [3.05, 3.63) is 65.2 Å². The zero-order valence-corrected chi connectivity index (χ0v) is 13.0. The van der Waals surface area contributed by atoms with Crippen LogP contribution in [0.3, 0.4) is 0 Å². The lowest BCUT2D eigenvalue weighted by molar-refractivity contribution is -0.119. The number of hydrogen-bond acceptors (Lipinski definition) is 2. The largest absolute Gasteiger partial charge is 0.352 e. The number of nitrogens with one attached hydrogen (secondary N) is 1. The van der Waals surface area contributed by atoms with Gasteiger partial charge in [-0.1, -0.05) is 42.0 Å². The molecular formula is C18H19NOS. The first-order valence-electron chi connectivity index (χ1n) is 7.26. The quantitative estimate of drug-likeness (QED) is 0.877. The van der Waals surface area contributed by atoms with Gasteiger partial charge in [-0.2, -0.15) is 0 Å². The van der Waals surface area contributed by atoms with Crippen molar-refractivity contribution in [1.82, 2.24) is 5.32 Å². The molecule has 2 aromatic carbocycles. The van der Waals surface area contributed by atoms with Crippen LogP contribution in [0.4, 0.5) is 0 Å². The minimum atomic E-state index is 0.124. The molecule has 1 aliphatic carbocycles. The second kappa shape index (κ2) is 6.35. The zero-order valence-electron chi connectivity index (χ0n) is 12.1. The third-order valence-electron chi connectivity index (χ3n) is 3.81. The molecule has 1 amide bonds. The lowest BCUT2D eigenvalue weighted by Crippen LogP contribution is -2.36. The Bertz CT molecular complexity index is 611. The molecule has 0 spiro atoms. The van der Waals surface area contributed by atoms with Gasteiger partial charge in [-0.25, -0.2) is 0 Å². The molecule has 0 fully saturated rings. The number of hydrogen-bond donors (Lipinski definition) is 1. The van der Waals surface area contributed by atoms with E-state index in [1.165, 1.54) is 16.7 Å². The van der Waals surface area contributed by atoms with Crippen LogP contribution in [0.2, 0.25) is 0 Å². The minimum absolute atomic E-state index is 0.124. The Morgan fingerprint density at radius 2 is 1.71 bits per heavy atom. The van der Waals surface area contributed by atoms with Gasteiger partial charge in [0.05, 0.1) is 5.75 Å². The normalized spacial score (nSPS) is 14.0. The average Bonchev–Trinajstić information content (AvgIpc) is 2.88. The van der Waals surface area contributed by atoms with E-state index in [1.54, 1.807) is 11.8 Å². The summed E-state index contributed by atoms with van der Waals surface area (Å²) in [4.78, 5) is 13.2. The van der Waals surface area contributed by atoms with Crippen LogP contribution in [0.5, 0.6) is 0 Å². The predicted octanol–water partition coefficient (Wildman–Crippen LogP) is 3.37. The van der Waals surface area contributed by atoms with E-state index >= 15 is 0 Å². The van der Waals surface area contributed by atoms with Gasteiger partial charge in [0.15, 0.2) is 0 Å². The van der Waals surface area contributed by atoms with Crippen LogP contribution in [-0.2, 0) is 17.6 Å². The van der Waals surface area contributed by atoms with Crippen LogP contribution in [0.25, 0.3) is 0 Å². The lowest BCUT2D eigenvalue weighted by Gasteiger charge is -2.11. The number of benzene rings is 2. The van der Waals surface area contributed by atoms with E-state index in [4.69, 9.17) is 0 Å². The Morgan fingerprint density at radius 1 is 1.10 bits per heavy atom. The molecule has 2 aromatic rings. The van der Waals surface area contributed by atoms with Gasteiger partial charge in [0.2, 0.25) is 5.91 Å². The van der Waals surface area contributed by atoms with Crippen molar-refractivity contribution >= 4 is 17.7 Å². The number of thioether (sulfide) groups is 1. The highest BCUT2D eigenvalue weighted by molar-refractivity contribution is 8.00. The molecule has 108 valence electrons. The number of amides is 1. The monoisotopic (exact) mass is 297 g/mol. The number of carbonyl (C=O) groups excluding carboxylic acids is 1. The zero-order chi connectivity index (χ0) is 14.7. The fourth-order valence-electron chi connectivity index (χ4n) is 2.71. The highest BCUT2D eigenvalue weighted by atomic mass is 32.2. The second-order valence-electron chi connectivity index (χ2n) is 5.54. The molecule has 0 bridgehead atoms. The van der Waals surface area contributed by atoms with E-state index in [9.17, 15) is 4.79 Å². The molecule has 0 aliphatic heterocycles. The summed E-state index contributed by atoms with van der Waals surface area (Å²) < 4.78 is 0. The first-order chi connectivity index (χ1) is 10.2. The molecule has 0 aromatic heterocycles. The number of rotatable bonds is 4. The molecule has 21 heavy (non-hydrogen) atoms. The first-order valence-corrected chi connectivity index (χ1v) is 8.25. The van der Waals surface area contributed by atoms with Crippen LogP contribution in [0, 0.1) is 6.92 Å². The fourth-order valence-corrected chi connectivity index (χ4v) is 3.42. The maximum atomic E-state index is 12.1. The molecule has 0 heterocycles. The van der Waals surface area contributed by atoms with Crippen LogP contribution >= 0.6 is 11.8 Å². The summed E-state index contributed by atoms with van der Waals surface area (Å²) in [6.07, 6.45) is 1.91. The van der Waals surface area contributed by atoms with Crippen LogP contribution < -0.4 is 5.32 Å². The molecule has 0 unspecified atom stereocenters. The van der Waals surface area contributed by atoms with Crippen molar-refractivity contribution in [2.75, 3.05) is 5.75 Å². The molecule has 1 N–H and O–H groups in total. The molecule has 0 radical (unpaired) electrons. The summed E-state index contributed by atoms with van der Waals surface area (Å²) in [7, 11) is 0. The van der Waals surface area contributed by atoms with E-state index in [0.29, 0.717) is 5.75 Å². The van der Waals surface area contributed by atoms with Gasteiger partial charge in [-0.3, -0.25) is 4.79 Å². The van der Waals surface area contributed by atoms with Crippen molar-refractivity contribution in [1.29, 1.82) is 0 Å². The van der Waals surface area contributed by atoms with Crippen molar-refractivity contribution in [2.24, 2.45) is 0 Å². The Morgan fingerprint density at radius 3 is 2.33 bits per heavy atom. The summed E-state index contributed by atoms with van der Waals surface area (Å²) in [5.41, 5.74) is 3.98. The van der Waals surface area contributed by atoms with Crippen molar-refractivity contribution in [3.63, 3.8) is 0 Å². The highest BCUT2D eigenvalue weighted by Crippen LogP contribution is 2.22. The van der Waals surface area contributed by atoms with Gasteiger partial charge in [0, 0.05) is 10.9 Å². The van der Waals surface area contributed by atoms with E-state index < -0.39 is 0 Å². The second-order valence-corrected chi connectivity index (χ2v) is 6.59. The summed E-state index contributed by atoms with van der Waals surface area (Å²) in [5.74, 6) is 0.606. The maximum absolute atomic E-state index is 12.1. The van der Waals surface area contributed by atoms with E-state index in [1.807, 2.05) is 0 Å². The standard InChI is InChI=1S/C18H19NOS/c1-13-6-8-17(9-7-13)21-12-18(20)19-16-10-14-4-2-3-5-15(14)11-16/h2-9,16H,10-12H2,1H3,(H,19,20). The Labute approximate surface area is 130 Å². The van der Waals surface area contributed by atoms with E-state index in [2.05, 4.69) is 60.8 Å². The van der Waals surface area contributed by atoms with E-state index in [0.717, 1.165) is 17.7 Å². The molecule has 2 nitrogen and oxygen atoms in total.